The number of anilines is 1. The fourth-order valence-electron chi connectivity index (χ4n) is 3.80. The molecule has 4 rings (SSSR count). The van der Waals surface area contributed by atoms with Gasteiger partial charge in [-0.3, -0.25) is 14.5 Å². The lowest BCUT2D eigenvalue weighted by molar-refractivity contribution is 0.102. The molecule has 0 unspecified atom stereocenters. The van der Waals surface area contributed by atoms with Gasteiger partial charge in [-0.1, -0.05) is 19.9 Å². The van der Waals surface area contributed by atoms with Gasteiger partial charge in [0.2, 0.25) is 0 Å². The molecule has 3 aromatic heterocycles. The van der Waals surface area contributed by atoms with Gasteiger partial charge >= 0.3 is 0 Å². The van der Waals surface area contributed by atoms with Crippen LogP contribution in [0.2, 0.25) is 0 Å². The van der Waals surface area contributed by atoms with Gasteiger partial charge in [0, 0.05) is 48.5 Å². The maximum Gasteiger partial charge on any atom is 0.259 e. The Labute approximate surface area is 170 Å². The minimum Gasteiger partial charge on any atom is -0.364 e. The van der Waals surface area contributed by atoms with Gasteiger partial charge in [-0.15, -0.1) is 0 Å². The summed E-state index contributed by atoms with van der Waals surface area (Å²) in [6.07, 6.45) is 9.40. The summed E-state index contributed by atoms with van der Waals surface area (Å²) in [5, 5.41) is 10.8. The van der Waals surface area contributed by atoms with E-state index in [-0.39, 0.29) is 5.91 Å². The molecule has 1 aliphatic carbocycles. The van der Waals surface area contributed by atoms with Crippen molar-refractivity contribution in [1.29, 1.82) is 0 Å². The van der Waals surface area contributed by atoms with E-state index in [9.17, 15) is 4.79 Å². The molecular weight excluding hydrogens is 364 g/mol. The van der Waals surface area contributed by atoms with Crippen LogP contribution in [0.5, 0.6) is 0 Å². The Kier molecular flexibility index (Phi) is 5.76. The highest BCUT2D eigenvalue weighted by Crippen LogP contribution is 2.33. The number of rotatable bonds is 7. The maximum absolute atomic E-state index is 13.0. The number of hydrogen-bond acceptors (Lipinski definition) is 4. The number of H-pyrrole nitrogens is 1. The second-order valence-electron chi connectivity index (χ2n) is 7.80. The summed E-state index contributed by atoms with van der Waals surface area (Å²) >= 11 is 0. The topological polar surface area (TPSA) is 87.6 Å². The van der Waals surface area contributed by atoms with E-state index < -0.39 is 0 Å². The lowest BCUT2D eigenvalue weighted by Crippen LogP contribution is -2.24. The van der Waals surface area contributed by atoms with Crippen molar-refractivity contribution in [2.45, 2.75) is 52.1 Å². The molecule has 0 aromatic carbocycles. The zero-order chi connectivity index (χ0) is 20.2. The molecule has 3 heterocycles. The molecule has 1 amide bonds. The third kappa shape index (κ3) is 4.40. The molecule has 0 atom stereocenters. The molecule has 7 heteroatoms. The molecule has 0 saturated heterocycles. The van der Waals surface area contributed by atoms with Crippen LogP contribution in [0.15, 0.2) is 36.8 Å². The fraction of sp³-hybridized carbons (Fsp3) is 0.409. The van der Waals surface area contributed by atoms with Crippen molar-refractivity contribution in [3.63, 3.8) is 0 Å². The fourth-order valence-corrected chi connectivity index (χ4v) is 3.80. The second-order valence-corrected chi connectivity index (χ2v) is 7.80. The average Bonchev–Trinajstić information content (AvgIpc) is 3.28. The van der Waals surface area contributed by atoms with Crippen LogP contribution in [0.25, 0.3) is 11.3 Å². The number of hydrogen-bond donors (Lipinski definition) is 3. The van der Waals surface area contributed by atoms with Gasteiger partial charge in [-0.05, 0) is 43.9 Å². The van der Waals surface area contributed by atoms with E-state index in [2.05, 4.69) is 45.6 Å². The normalized spacial score (nSPS) is 13.1. The van der Waals surface area contributed by atoms with Crippen LogP contribution < -0.4 is 10.6 Å². The number of nitrogens with zero attached hydrogens (tertiary/aromatic N) is 3. The molecule has 0 spiro atoms. The first-order chi connectivity index (χ1) is 14.1. The quantitative estimate of drug-likeness (QED) is 0.538. The monoisotopic (exact) mass is 392 g/mol. The number of carbonyl (C=O) groups is 1. The summed E-state index contributed by atoms with van der Waals surface area (Å²) in [6.45, 7) is 6.03. The first kappa shape index (κ1) is 19.4. The highest BCUT2D eigenvalue weighted by Gasteiger charge is 2.24. The summed E-state index contributed by atoms with van der Waals surface area (Å²) in [5.74, 6) is 0.407. The number of amides is 1. The third-order valence-electron chi connectivity index (χ3n) is 5.21. The predicted octanol–water partition coefficient (Wildman–Crippen LogP) is 3.40. The zero-order valence-corrected chi connectivity index (χ0v) is 17.0. The zero-order valence-electron chi connectivity index (χ0n) is 17.0. The van der Waals surface area contributed by atoms with E-state index >= 15 is 0 Å². The minimum atomic E-state index is -0.160. The molecule has 7 nitrogen and oxygen atoms in total. The molecule has 0 aliphatic heterocycles. The molecule has 3 N–H and O–H groups in total. The lowest BCUT2D eigenvalue weighted by atomic mass is 10.0. The van der Waals surface area contributed by atoms with Crippen molar-refractivity contribution >= 4 is 11.7 Å². The SMILES string of the molecule is CC(C)NCCCn1ccc(NC(=O)c2c[nH]c3c2-c2ncccc2CCC3)n1. The first-order valence-corrected chi connectivity index (χ1v) is 10.3. The summed E-state index contributed by atoms with van der Waals surface area (Å²) in [5.41, 5.74) is 4.73. The number of carbonyl (C=O) groups excluding carboxylic acids is 1. The number of fused-ring (bicyclic) bond motifs is 3. The molecule has 3 aromatic rings. The Morgan fingerprint density at radius 2 is 2.21 bits per heavy atom. The summed E-state index contributed by atoms with van der Waals surface area (Å²) in [7, 11) is 0. The molecule has 0 bridgehead atoms. The Bertz CT molecular complexity index is 987. The maximum atomic E-state index is 13.0. The van der Waals surface area contributed by atoms with Gasteiger partial charge in [-0.25, -0.2) is 0 Å². The highest BCUT2D eigenvalue weighted by molar-refractivity contribution is 6.08. The van der Waals surface area contributed by atoms with Gasteiger partial charge in [0.25, 0.3) is 5.91 Å². The van der Waals surface area contributed by atoms with Gasteiger partial charge in [0.15, 0.2) is 5.82 Å². The van der Waals surface area contributed by atoms with Gasteiger partial charge in [0.1, 0.15) is 0 Å². The molecule has 1 aliphatic rings. The summed E-state index contributed by atoms with van der Waals surface area (Å²) in [6, 6.07) is 6.38. The van der Waals surface area contributed by atoms with Crippen LogP contribution in [-0.4, -0.2) is 38.2 Å². The van der Waals surface area contributed by atoms with Crippen LogP contribution in [-0.2, 0) is 19.4 Å². The summed E-state index contributed by atoms with van der Waals surface area (Å²) in [4.78, 5) is 20.9. The van der Waals surface area contributed by atoms with E-state index in [1.54, 1.807) is 12.4 Å². The van der Waals surface area contributed by atoms with Crippen molar-refractivity contribution in [2.24, 2.45) is 0 Å². The first-order valence-electron chi connectivity index (χ1n) is 10.3. The number of aromatic amines is 1. The van der Waals surface area contributed by atoms with E-state index in [1.165, 1.54) is 5.56 Å². The molecule has 152 valence electrons. The number of pyridine rings is 1. The van der Waals surface area contributed by atoms with Crippen molar-refractivity contribution in [3.05, 3.63) is 53.6 Å². The Morgan fingerprint density at radius 3 is 3.07 bits per heavy atom. The highest BCUT2D eigenvalue weighted by atomic mass is 16.1. The van der Waals surface area contributed by atoms with Gasteiger partial charge < -0.3 is 15.6 Å². The van der Waals surface area contributed by atoms with Crippen LogP contribution in [0.1, 0.15) is 48.3 Å². The molecular formula is C22H28N6O. The van der Waals surface area contributed by atoms with Crippen molar-refractivity contribution in [1.82, 2.24) is 25.1 Å². The third-order valence-corrected chi connectivity index (χ3v) is 5.21. The number of nitrogens with one attached hydrogen (secondary N) is 3. The molecule has 0 radical (unpaired) electrons. The van der Waals surface area contributed by atoms with Crippen LogP contribution in [0.3, 0.4) is 0 Å². The van der Waals surface area contributed by atoms with Gasteiger partial charge in [0.05, 0.1) is 11.3 Å². The molecule has 0 saturated carbocycles. The van der Waals surface area contributed by atoms with Crippen LogP contribution in [0.4, 0.5) is 5.82 Å². The van der Waals surface area contributed by atoms with Crippen LogP contribution >= 0.6 is 0 Å². The molecule has 0 fully saturated rings. The summed E-state index contributed by atoms with van der Waals surface area (Å²) < 4.78 is 1.87. The largest absolute Gasteiger partial charge is 0.364 e. The smallest absolute Gasteiger partial charge is 0.259 e. The van der Waals surface area contributed by atoms with Crippen molar-refractivity contribution in [2.75, 3.05) is 11.9 Å². The number of aromatic nitrogens is 4. The van der Waals surface area contributed by atoms with Crippen molar-refractivity contribution in [3.8, 4) is 11.3 Å². The molecule has 29 heavy (non-hydrogen) atoms. The van der Waals surface area contributed by atoms with Crippen molar-refractivity contribution < 1.29 is 4.79 Å². The Hall–Kier alpha value is -2.93. The average molecular weight is 393 g/mol. The van der Waals surface area contributed by atoms with E-state index in [1.807, 2.05) is 23.0 Å². The minimum absolute atomic E-state index is 0.160. The van der Waals surface area contributed by atoms with E-state index in [0.29, 0.717) is 17.4 Å². The van der Waals surface area contributed by atoms with Gasteiger partial charge in [-0.2, -0.15) is 5.10 Å². The van der Waals surface area contributed by atoms with E-state index in [4.69, 9.17) is 0 Å². The second kappa shape index (κ2) is 8.61. The number of aryl methyl sites for hydroxylation is 3. The Morgan fingerprint density at radius 1 is 1.31 bits per heavy atom. The Balaban J connectivity index is 1.47. The standard InChI is InChI=1S/C22H28N6O/c1-15(2)23-11-5-12-28-13-9-19(27-28)26-22(29)17-14-25-18-8-3-6-16-7-4-10-24-21(16)20(17)18/h4,7,9-10,13-15,23,25H,3,5-6,8,11-12H2,1-2H3,(H,26,27,29). The van der Waals surface area contributed by atoms with E-state index in [0.717, 1.165) is 55.7 Å². The predicted molar refractivity (Wildman–Crippen MR) is 114 cm³/mol. The lowest BCUT2D eigenvalue weighted by Gasteiger charge is -2.08. The van der Waals surface area contributed by atoms with Crippen LogP contribution in [0, 0.1) is 0 Å².